The van der Waals surface area contributed by atoms with Gasteiger partial charge in [0, 0.05) is 6.42 Å². The first-order valence-corrected chi connectivity index (χ1v) is 7.92. The van der Waals surface area contributed by atoms with Crippen molar-refractivity contribution in [1.29, 1.82) is 0 Å². The number of rotatable bonds is 4. The van der Waals surface area contributed by atoms with E-state index in [0.29, 0.717) is 25.3 Å². The van der Waals surface area contributed by atoms with Gasteiger partial charge in [0.2, 0.25) is 0 Å². The van der Waals surface area contributed by atoms with Crippen LogP contribution in [0.15, 0.2) is 30.3 Å². The third-order valence-corrected chi connectivity index (χ3v) is 4.70. The molecule has 0 saturated carbocycles. The van der Waals surface area contributed by atoms with Crippen LogP contribution in [0.4, 0.5) is 0 Å². The van der Waals surface area contributed by atoms with Gasteiger partial charge in [0.05, 0.1) is 19.8 Å². The third kappa shape index (κ3) is 3.02. The van der Waals surface area contributed by atoms with Crippen LogP contribution in [0.1, 0.15) is 12.0 Å². The Labute approximate surface area is 140 Å². The Kier molecular flexibility index (Phi) is 4.59. The van der Waals surface area contributed by atoms with E-state index in [4.69, 9.17) is 9.47 Å². The van der Waals surface area contributed by atoms with Gasteiger partial charge in [-0.15, -0.1) is 0 Å². The number of aromatic hydroxyl groups is 1. The summed E-state index contributed by atoms with van der Waals surface area (Å²) in [6.07, 6.45) is -0.174. The van der Waals surface area contributed by atoms with Gasteiger partial charge in [0.15, 0.2) is 6.04 Å². The maximum Gasteiger partial charge on any atom is 0.364 e. The SMILES string of the molecule is COC(=O)[C@@H]1C[C@@H](O)C[NH+]1Cc1c(O)ccc2ccc(OC)cc12. The number of aliphatic hydroxyl groups is 1. The molecule has 128 valence electrons. The first kappa shape index (κ1) is 16.5. The average molecular weight is 332 g/mol. The molecule has 0 aliphatic carbocycles. The lowest BCUT2D eigenvalue weighted by molar-refractivity contribution is -0.918. The second-order valence-corrected chi connectivity index (χ2v) is 6.15. The van der Waals surface area contributed by atoms with Crippen molar-refractivity contribution in [2.24, 2.45) is 0 Å². The van der Waals surface area contributed by atoms with Crippen LogP contribution in [0, 0.1) is 0 Å². The largest absolute Gasteiger partial charge is 0.507 e. The van der Waals surface area contributed by atoms with Gasteiger partial charge in [-0.1, -0.05) is 12.1 Å². The van der Waals surface area contributed by atoms with Crippen LogP contribution in [0.5, 0.6) is 11.5 Å². The molecule has 1 aliphatic rings. The topological polar surface area (TPSA) is 80.4 Å². The highest BCUT2D eigenvalue weighted by Gasteiger charge is 2.41. The van der Waals surface area contributed by atoms with Crippen LogP contribution >= 0.6 is 0 Å². The van der Waals surface area contributed by atoms with E-state index in [1.807, 2.05) is 24.3 Å². The molecule has 1 saturated heterocycles. The maximum absolute atomic E-state index is 12.0. The van der Waals surface area contributed by atoms with E-state index in [1.165, 1.54) is 7.11 Å². The lowest BCUT2D eigenvalue weighted by atomic mass is 10.0. The Morgan fingerprint density at radius 1 is 1.29 bits per heavy atom. The van der Waals surface area contributed by atoms with Crippen molar-refractivity contribution >= 4 is 16.7 Å². The lowest BCUT2D eigenvalue weighted by Crippen LogP contribution is -3.13. The summed E-state index contributed by atoms with van der Waals surface area (Å²) in [5.41, 5.74) is 0.740. The Bertz CT molecular complexity index is 760. The molecule has 1 heterocycles. The van der Waals surface area contributed by atoms with Gasteiger partial charge in [0.1, 0.15) is 30.7 Å². The minimum atomic E-state index is -0.546. The zero-order valence-corrected chi connectivity index (χ0v) is 13.8. The number of hydrogen-bond donors (Lipinski definition) is 3. The van der Waals surface area contributed by atoms with E-state index < -0.39 is 12.1 Å². The molecule has 3 N–H and O–H groups in total. The molecule has 0 amide bonds. The Morgan fingerprint density at radius 3 is 2.75 bits per heavy atom. The molecule has 6 nitrogen and oxygen atoms in total. The molecular weight excluding hydrogens is 310 g/mol. The number of carbonyl (C=O) groups is 1. The van der Waals surface area contributed by atoms with Crippen LogP contribution in [0.3, 0.4) is 0 Å². The monoisotopic (exact) mass is 332 g/mol. The predicted molar refractivity (Wildman–Crippen MR) is 88.1 cm³/mol. The second-order valence-electron chi connectivity index (χ2n) is 6.15. The van der Waals surface area contributed by atoms with Crippen LogP contribution in [-0.2, 0) is 16.1 Å². The predicted octanol–water partition coefficient (Wildman–Crippen LogP) is 0.245. The Balaban J connectivity index is 1.99. The van der Waals surface area contributed by atoms with Gasteiger partial charge < -0.3 is 24.6 Å². The Hall–Kier alpha value is -2.31. The zero-order chi connectivity index (χ0) is 17.3. The fourth-order valence-electron chi connectivity index (χ4n) is 3.46. The fourth-order valence-corrected chi connectivity index (χ4v) is 3.46. The van der Waals surface area contributed by atoms with E-state index in [0.717, 1.165) is 21.2 Å². The number of phenols is 1. The molecule has 1 aliphatic heterocycles. The lowest BCUT2D eigenvalue weighted by Gasteiger charge is -2.20. The standard InChI is InChI=1S/C18H21NO5/c1-23-13-5-3-11-4-6-17(21)15(14(11)8-13)10-19-9-12(20)7-16(19)18(22)24-2/h3-6,8,12,16,20-21H,7,9-10H2,1-2H3/p+1/t12-,16+/m1/s1. The molecule has 0 spiro atoms. The van der Waals surface area contributed by atoms with Crippen LogP contribution in [0.2, 0.25) is 0 Å². The Morgan fingerprint density at radius 2 is 2.04 bits per heavy atom. The average Bonchev–Trinajstić information content (AvgIpc) is 2.96. The van der Waals surface area contributed by atoms with Gasteiger partial charge >= 0.3 is 5.97 Å². The minimum Gasteiger partial charge on any atom is -0.507 e. The summed E-state index contributed by atoms with van der Waals surface area (Å²) in [5.74, 6) is 0.544. The van der Waals surface area contributed by atoms with Crippen molar-refractivity contribution in [3.63, 3.8) is 0 Å². The molecule has 0 aromatic heterocycles. The number of benzene rings is 2. The van der Waals surface area contributed by atoms with Crippen molar-refractivity contribution in [2.45, 2.75) is 25.1 Å². The summed E-state index contributed by atoms with van der Waals surface area (Å²) in [4.78, 5) is 12.9. The molecule has 3 rings (SSSR count). The molecule has 0 radical (unpaired) electrons. The molecule has 6 heteroatoms. The first-order valence-electron chi connectivity index (χ1n) is 7.92. The van der Waals surface area contributed by atoms with Crippen molar-refractivity contribution in [3.8, 4) is 11.5 Å². The van der Waals surface area contributed by atoms with Crippen molar-refractivity contribution in [2.75, 3.05) is 20.8 Å². The molecule has 1 unspecified atom stereocenters. The van der Waals surface area contributed by atoms with Gasteiger partial charge in [-0.3, -0.25) is 0 Å². The summed E-state index contributed by atoms with van der Waals surface area (Å²) in [6.45, 7) is 0.868. The van der Waals surface area contributed by atoms with Crippen LogP contribution in [0.25, 0.3) is 10.8 Å². The number of fused-ring (bicyclic) bond motifs is 1. The van der Waals surface area contributed by atoms with Crippen molar-refractivity contribution in [3.05, 3.63) is 35.9 Å². The molecule has 0 bridgehead atoms. The minimum absolute atomic E-state index is 0.174. The first-order chi connectivity index (χ1) is 11.5. The molecule has 2 aromatic carbocycles. The molecular formula is C18H22NO5+. The summed E-state index contributed by atoms with van der Waals surface area (Å²) in [6, 6.07) is 8.76. The van der Waals surface area contributed by atoms with E-state index in [1.54, 1.807) is 13.2 Å². The molecule has 1 fully saturated rings. The number of aliphatic hydroxyl groups excluding tert-OH is 1. The zero-order valence-electron chi connectivity index (χ0n) is 13.8. The maximum atomic E-state index is 12.0. The number of nitrogens with one attached hydrogen (secondary N) is 1. The summed E-state index contributed by atoms with van der Waals surface area (Å²) in [7, 11) is 2.95. The number of hydrogen-bond acceptors (Lipinski definition) is 5. The summed E-state index contributed by atoms with van der Waals surface area (Å²) < 4.78 is 10.1. The quantitative estimate of drug-likeness (QED) is 0.699. The van der Waals surface area contributed by atoms with E-state index >= 15 is 0 Å². The molecule has 2 aromatic rings. The van der Waals surface area contributed by atoms with Gasteiger partial charge in [-0.05, 0) is 29.0 Å². The number of phenolic OH excluding ortho intramolecular Hbond substituents is 1. The highest BCUT2D eigenvalue weighted by Crippen LogP contribution is 2.29. The number of methoxy groups -OCH3 is 2. The molecule has 3 atom stereocenters. The smallest absolute Gasteiger partial charge is 0.364 e. The van der Waals surface area contributed by atoms with Crippen LogP contribution < -0.4 is 9.64 Å². The highest BCUT2D eigenvalue weighted by atomic mass is 16.5. The number of likely N-dealkylation sites (tertiary alicyclic amines) is 1. The summed E-state index contributed by atoms with van der Waals surface area (Å²) in [5, 5.41) is 22.2. The molecule has 24 heavy (non-hydrogen) atoms. The summed E-state index contributed by atoms with van der Waals surface area (Å²) >= 11 is 0. The van der Waals surface area contributed by atoms with Gasteiger partial charge in [-0.2, -0.15) is 0 Å². The normalized spacial score (nSPS) is 23.4. The number of quaternary nitrogens is 1. The van der Waals surface area contributed by atoms with Crippen LogP contribution in [-0.4, -0.2) is 49.1 Å². The third-order valence-electron chi connectivity index (χ3n) is 4.70. The number of ether oxygens (including phenoxy) is 2. The number of esters is 1. The van der Waals surface area contributed by atoms with Gasteiger partial charge in [-0.25, -0.2) is 4.79 Å². The van der Waals surface area contributed by atoms with Gasteiger partial charge in [0.25, 0.3) is 0 Å². The van der Waals surface area contributed by atoms with Crippen molar-refractivity contribution < 1.29 is 29.4 Å². The van der Waals surface area contributed by atoms with E-state index in [-0.39, 0.29) is 11.7 Å². The number of carbonyl (C=O) groups excluding carboxylic acids is 1. The second kappa shape index (κ2) is 6.67. The van der Waals surface area contributed by atoms with E-state index in [9.17, 15) is 15.0 Å². The van der Waals surface area contributed by atoms with E-state index in [2.05, 4.69) is 0 Å². The highest BCUT2D eigenvalue weighted by molar-refractivity contribution is 5.88. The fraction of sp³-hybridized carbons (Fsp3) is 0.389. The van der Waals surface area contributed by atoms with Crippen molar-refractivity contribution in [1.82, 2.24) is 0 Å².